The molecule has 0 N–H and O–H groups in total. The number of hydrogen-bond acceptors (Lipinski definition) is 3. The molecule has 0 aromatic carbocycles. The lowest BCUT2D eigenvalue weighted by molar-refractivity contribution is 0.671. The van der Waals surface area contributed by atoms with Gasteiger partial charge in [0.15, 0.2) is 4.71 Å². The normalized spacial score (nSPS) is 25.2. The van der Waals surface area contributed by atoms with Gasteiger partial charge in [-0.1, -0.05) is 23.5 Å². The van der Waals surface area contributed by atoms with E-state index in [1.54, 1.807) is 23.5 Å². The molecule has 2 rings (SSSR count). The lowest BCUT2D eigenvalue weighted by Crippen LogP contribution is -2.00. The molecular weight excluding hydrogens is 138 g/mol. The van der Waals surface area contributed by atoms with Crippen LogP contribution in [0.5, 0.6) is 0 Å². The average Bonchev–Trinajstić information content (AvgIpc) is 2.15. The van der Waals surface area contributed by atoms with E-state index in [0.29, 0.717) is 0 Å². The molecule has 0 fully saturated rings. The summed E-state index contributed by atoms with van der Waals surface area (Å²) in [6, 6.07) is 0. The predicted molar refractivity (Wildman–Crippen MR) is 38.5 cm³/mol. The molecule has 0 aromatic heterocycles. The highest BCUT2D eigenvalue weighted by Crippen LogP contribution is 2.45. The smallest absolute Gasteiger partial charge is 0.188 e. The van der Waals surface area contributed by atoms with Gasteiger partial charge in [0, 0.05) is 12.4 Å². The maximum absolute atomic E-state index is 2.12. The van der Waals surface area contributed by atoms with E-state index in [0.717, 1.165) is 0 Å². The standard InChI is InChI=1S/C5H4NS2/c1-3-7-5-6(1)2-4-8-5/h1-4H. The lowest BCUT2D eigenvalue weighted by Gasteiger charge is -2.08. The van der Waals surface area contributed by atoms with Gasteiger partial charge in [-0.05, 0) is 10.8 Å². The predicted octanol–water partition coefficient (Wildman–Crippen LogP) is 2.17. The van der Waals surface area contributed by atoms with Crippen LogP contribution >= 0.6 is 23.5 Å². The molecule has 0 spiro atoms. The van der Waals surface area contributed by atoms with E-state index < -0.39 is 0 Å². The first-order chi connectivity index (χ1) is 3.97. The molecule has 0 atom stereocenters. The quantitative estimate of drug-likeness (QED) is 0.510. The van der Waals surface area contributed by atoms with Crippen LogP contribution in [0.1, 0.15) is 0 Å². The Kier molecular flexibility index (Phi) is 1.05. The molecule has 1 radical (unpaired) electrons. The third kappa shape index (κ3) is 0.581. The van der Waals surface area contributed by atoms with Gasteiger partial charge in [0.25, 0.3) is 0 Å². The van der Waals surface area contributed by atoms with Crippen molar-refractivity contribution in [2.24, 2.45) is 0 Å². The van der Waals surface area contributed by atoms with Crippen molar-refractivity contribution < 1.29 is 0 Å². The van der Waals surface area contributed by atoms with Crippen molar-refractivity contribution in [3.8, 4) is 0 Å². The molecule has 2 aliphatic rings. The van der Waals surface area contributed by atoms with Gasteiger partial charge in [-0.25, -0.2) is 0 Å². The van der Waals surface area contributed by atoms with Gasteiger partial charge in [0.2, 0.25) is 0 Å². The highest BCUT2D eigenvalue weighted by Gasteiger charge is 2.22. The maximum Gasteiger partial charge on any atom is 0.188 e. The zero-order valence-corrected chi connectivity index (χ0v) is 5.71. The summed E-state index contributed by atoms with van der Waals surface area (Å²) in [5.74, 6) is 0. The van der Waals surface area contributed by atoms with Gasteiger partial charge in [-0.2, -0.15) is 0 Å². The largest absolute Gasteiger partial charge is 0.326 e. The van der Waals surface area contributed by atoms with E-state index in [1.165, 1.54) is 4.71 Å². The van der Waals surface area contributed by atoms with Crippen molar-refractivity contribution in [3.05, 3.63) is 27.9 Å². The Balaban J connectivity index is 2.22. The fourth-order valence-electron chi connectivity index (χ4n) is 0.629. The van der Waals surface area contributed by atoms with E-state index in [9.17, 15) is 0 Å². The Morgan fingerprint density at radius 3 is 2.25 bits per heavy atom. The lowest BCUT2D eigenvalue weighted by atomic mass is 10.8. The zero-order valence-electron chi connectivity index (χ0n) is 4.07. The monoisotopic (exact) mass is 142 g/mol. The highest BCUT2D eigenvalue weighted by molar-refractivity contribution is 8.23. The SMILES string of the molecule is C1=CN2C=CS[C]2S1. The molecule has 0 saturated carbocycles. The number of fused-ring (bicyclic) bond motifs is 1. The van der Waals surface area contributed by atoms with Crippen molar-refractivity contribution in [2.45, 2.75) is 0 Å². The van der Waals surface area contributed by atoms with E-state index >= 15 is 0 Å². The van der Waals surface area contributed by atoms with E-state index in [4.69, 9.17) is 0 Å². The average molecular weight is 142 g/mol. The minimum absolute atomic E-state index is 1.35. The van der Waals surface area contributed by atoms with Crippen LogP contribution in [0.4, 0.5) is 0 Å². The van der Waals surface area contributed by atoms with Crippen LogP contribution < -0.4 is 0 Å². The molecule has 3 heteroatoms. The summed E-state index contributed by atoms with van der Waals surface area (Å²) in [4.78, 5) is 2.12. The second-order valence-electron chi connectivity index (χ2n) is 1.48. The van der Waals surface area contributed by atoms with Gasteiger partial charge in [-0.3, -0.25) is 0 Å². The molecule has 0 saturated heterocycles. The van der Waals surface area contributed by atoms with Crippen LogP contribution in [-0.4, -0.2) is 4.90 Å². The summed E-state index contributed by atoms with van der Waals surface area (Å²) in [6.45, 7) is 0. The molecule has 2 aliphatic heterocycles. The first kappa shape index (κ1) is 4.82. The zero-order chi connectivity index (χ0) is 5.40. The molecule has 0 aliphatic carbocycles. The minimum atomic E-state index is 1.35. The van der Waals surface area contributed by atoms with Gasteiger partial charge in [0.1, 0.15) is 0 Å². The topological polar surface area (TPSA) is 3.24 Å². The Bertz CT molecular complexity index is 137. The van der Waals surface area contributed by atoms with Crippen molar-refractivity contribution >= 4 is 23.5 Å². The Morgan fingerprint density at radius 2 is 1.75 bits per heavy atom. The number of thioether (sulfide) groups is 2. The number of hydrogen-bond donors (Lipinski definition) is 0. The minimum Gasteiger partial charge on any atom is -0.326 e. The first-order valence-electron chi connectivity index (χ1n) is 2.29. The Hall–Kier alpha value is -0.0200. The molecule has 2 heterocycles. The van der Waals surface area contributed by atoms with E-state index in [1.807, 2.05) is 0 Å². The van der Waals surface area contributed by atoms with Crippen molar-refractivity contribution in [1.29, 1.82) is 0 Å². The molecular formula is C5H4NS2. The van der Waals surface area contributed by atoms with Crippen molar-refractivity contribution in [3.63, 3.8) is 0 Å². The first-order valence-corrected chi connectivity index (χ1v) is 4.05. The summed E-state index contributed by atoms with van der Waals surface area (Å²) >= 11 is 3.55. The van der Waals surface area contributed by atoms with Gasteiger partial charge >= 0.3 is 0 Å². The number of rotatable bonds is 0. The van der Waals surface area contributed by atoms with Gasteiger partial charge < -0.3 is 4.90 Å². The molecule has 8 heavy (non-hydrogen) atoms. The maximum atomic E-state index is 2.12. The van der Waals surface area contributed by atoms with Crippen LogP contribution in [0, 0.1) is 4.71 Å². The molecule has 0 bridgehead atoms. The van der Waals surface area contributed by atoms with Crippen LogP contribution in [0.15, 0.2) is 23.2 Å². The van der Waals surface area contributed by atoms with Crippen molar-refractivity contribution in [2.75, 3.05) is 0 Å². The molecule has 0 aromatic rings. The van der Waals surface area contributed by atoms with Crippen LogP contribution in [0.2, 0.25) is 0 Å². The second kappa shape index (κ2) is 1.74. The fourth-order valence-corrected chi connectivity index (χ4v) is 2.29. The van der Waals surface area contributed by atoms with E-state index in [2.05, 4.69) is 28.1 Å². The fraction of sp³-hybridized carbons (Fsp3) is 0. The Morgan fingerprint density at radius 1 is 1.12 bits per heavy atom. The van der Waals surface area contributed by atoms with E-state index in [-0.39, 0.29) is 0 Å². The van der Waals surface area contributed by atoms with Crippen LogP contribution in [-0.2, 0) is 0 Å². The third-order valence-electron chi connectivity index (χ3n) is 0.991. The van der Waals surface area contributed by atoms with Gasteiger partial charge in [0.05, 0.1) is 0 Å². The summed E-state index contributed by atoms with van der Waals surface area (Å²) < 4.78 is 1.35. The highest BCUT2D eigenvalue weighted by atomic mass is 32.2. The van der Waals surface area contributed by atoms with Crippen LogP contribution in [0.25, 0.3) is 0 Å². The second-order valence-corrected chi connectivity index (χ2v) is 3.53. The molecule has 41 valence electrons. The Labute approximate surface area is 56.8 Å². The molecule has 0 unspecified atom stereocenters. The summed E-state index contributed by atoms with van der Waals surface area (Å²) in [5.41, 5.74) is 0. The molecule has 0 amide bonds. The van der Waals surface area contributed by atoms with Crippen molar-refractivity contribution in [1.82, 2.24) is 4.90 Å². The summed E-state index contributed by atoms with van der Waals surface area (Å²) in [5, 5.41) is 4.18. The summed E-state index contributed by atoms with van der Waals surface area (Å²) in [6.07, 6.45) is 4.13. The third-order valence-corrected chi connectivity index (χ3v) is 2.91. The van der Waals surface area contributed by atoms with Crippen LogP contribution in [0.3, 0.4) is 0 Å². The number of nitrogens with zero attached hydrogens (tertiary/aromatic N) is 1. The van der Waals surface area contributed by atoms with Gasteiger partial charge in [-0.15, -0.1) is 0 Å². The molecule has 1 nitrogen and oxygen atoms in total. The summed E-state index contributed by atoms with van der Waals surface area (Å²) in [7, 11) is 0.